The molecule has 0 saturated heterocycles. The predicted octanol–water partition coefficient (Wildman–Crippen LogP) is 2.63. The number of anilines is 1. The molecular weight excluding hydrogens is 269 g/mol. The van der Waals surface area contributed by atoms with Gasteiger partial charge in [0.05, 0.1) is 5.56 Å². The zero-order valence-electron chi connectivity index (χ0n) is 11.9. The largest absolute Gasteiger partial charge is 0.369 e. The Bertz CT molecular complexity index is 616. The number of amides is 1. The van der Waals surface area contributed by atoms with E-state index in [1.54, 1.807) is 31.4 Å². The minimum absolute atomic E-state index is 0.171. The molecule has 1 amide bonds. The van der Waals surface area contributed by atoms with Gasteiger partial charge in [-0.05, 0) is 42.7 Å². The average Bonchev–Trinajstić information content (AvgIpc) is 2.51. The molecule has 0 bridgehead atoms. The minimum Gasteiger partial charge on any atom is -0.369 e. The number of halogens is 1. The van der Waals surface area contributed by atoms with Gasteiger partial charge in [-0.15, -0.1) is 0 Å². The van der Waals surface area contributed by atoms with Crippen LogP contribution < -0.4 is 10.6 Å². The highest BCUT2D eigenvalue weighted by molar-refractivity contribution is 5.98. The first-order valence-electron chi connectivity index (χ1n) is 6.86. The summed E-state index contributed by atoms with van der Waals surface area (Å²) in [7, 11) is 1.59. The van der Waals surface area contributed by atoms with E-state index in [1.165, 1.54) is 12.1 Å². The number of hydrogen-bond acceptors (Lipinski definition) is 3. The molecule has 110 valence electrons. The van der Waals surface area contributed by atoms with Gasteiger partial charge in [-0.2, -0.15) is 0 Å². The number of benzene rings is 1. The van der Waals surface area contributed by atoms with Crippen molar-refractivity contribution in [3.05, 3.63) is 59.5 Å². The van der Waals surface area contributed by atoms with Gasteiger partial charge in [-0.3, -0.25) is 4.79 Å². The van der Waals surface area contributed by atoms with E-state index in [0.29, 0.717) is 17.9 Å². The van der Waals surface area contributed by atoms with Gasteiger partial charge in [-0.1, -0.05) is 12.1 Å². The zero-order chi connectivity index (χ0) is 15.1. The van der Waals surface area contributed by atoms with Crippen LogP contribution in [0.15, 0.2) is 42.6 Å². The molecule has 0 atom stereocenters. The summed E-state index contributed by atoms with van der Waals surface area (Å²) in [6.45, 7) is 0.664. The monoisotopic (exact) mass is 287 g/mol. The van der Waals surface area contributed by atoms with E-state index in [1.807, 2.05) is 6.07 Å². The third-order valence-corrected chi connectivity index (χ3v) is 3.10. The summed E-state index contributed by atoms with van der Waals surface area (Å²) in [5.74, 6) is 0.180. The Balaban J connectivity index is 1.88. The van der Waals surface area contributed by atoms with E-state index in [4.69, 9.17) is 0 Å². The van der Waals surface area contributed by atoms with Crippen molar-refractivity contribution in [2.45, 2.75) is 12.8 Å². The predicted molar refractivity (Wildman–Crippen MR) is 80.8 cm³/mol. The number of aryl methyl sites for hydroxylation is 1. The van der Waals surface area contributed by atoms with Gasteiger partial charge < -0.3 is 10.6 Å². The molecule has 0 unspecified atom stereocenters. The SMILES string of the molecule is CNC(=O)c1cccnc1NCCCc1cccc(F)c1. The molecule has 4 nitrogen and oxygen atoms in total. The number of hydrogen-bond donors (Lipinski definition) is 2. The second-order valence-electron chi connectivity index (χ2n) is 4.64. The zero-order valence-corrected chi connectivity index (χ0v) is 11.9. The first-order valence-corrected chi connectivity index (χ1v) is 6.86. The fraction of sp³-hybridized carbons (Fsp3) is 0.250. The van der Waals surface area contributed by atoms with Gasteiger partial charge in [0.25, 0.3) is 5.91 Å². The highest BCUT2D eigenvalue weighted by Crippen LogP contribution is 2.12. The third-order valence-electron chi connectivity index (χ3n) is 3.10. The molecule has 1 aromatic carbocycles. The van der Waals surface area contributed by atoms with Crippen LogP contribution in [0.3, 0.4) is 0 Å². The molecule has 5 heteroatoms. The summed E-state index contributed by atoms with van der Waals surface area (Å²) in [6.07, 6.45) is 3.24. The van der Waals surface area contributed by atoms with E-state index in [0.717, 1.165) is 18.4 Å². The van der Waals surface area contributed by atoms with Crippen LogP contribution >= 0.6 is 0 Å². The smallest absolute Gasteiger partial charge is 0.254 e. The topological polar surface area (TPSA) is 54.0 Å². The number of carbonyl (C=O) groups is 1. The molecule has 0 aliphatic heterocycles. The molecule has 2 rings (SSSR count). The van der Waals surface area contributed by atoms with E-state index in [9.17, 15) is 9.18 Å². The first kappa shape index (κ1) is 15.0. The van der Waals surface area contributed by atoms with Crippen molar-refractivity contribution in [2.24, 2.45) is 0 Å². The van der Waals surface area contributed by atoms with Crippen molar-refractivity contribution in [3.8, 4) is 0 Å². The van der Waals surface area contributed by atoms with E-state index in [-0.39, 0.29) is 11.7 Å². The van der Waals surface area contributed by atoms with Crippen LogP contribution in [0.2, 0.25) is 0 Å². The molecule has 2 aromatic rings. The van der Waals surface area contributed by atoms with Gasteiger partial charge in [0.2, 0.25) is 0 Å². The summed E-state index contributed by atoms with van der Waals surface area (Å²) in [5.41, 5.74) is 1.48. The summed E-state index contributed by atoms with van der Waals surface area (Å²) < 4.78 is 13.1. The molecule has 0 aliphatic carbocycles. The van der Waals surface area contributed by atoms with Gasteiger partial charge in [-0.25, -0.2) is 9.37 Å². The Morgan fingerprint density at radius 1 is 1.29 bits per heavy atom. The number of carbonyl (C=O) groups excluding carboxylic acids is 1. The van der Waals surface area contributed by atoms with Crippen LogP contribution in [0.5, 0.6) is 0 Å². The lowest BCUT2D eigenvalue weighted by Gasteiger charge is -2.09. The van der Waals surface area contributed by atoms with Gasteiger partial charge >= 0.3 is 0 Å². The molecule has 0 fully saturated rings. The molecule has 0 aliphatic rings. The van der Waals surface area contributed by atoms with Crippen molar-refractivity contribution >= 4 is 11.7 Å². The van der Waals surface area contributed by atoms with Gasteiger partial charge in [0, 0.05) is 19.8 Å². The second-order valence-corrected chi connectivity index (χ2v) is 4.64. The molecule has 1 aromatic heterocycles. The van der Waals surface area contributed by atoms with Crippen molar-refractivity contribution in [2.75, 3.05) is 18.9 Å². The summed E-state index contributed by atoms with van der Waals surface area (Å²) in [4.78, 5) is 15.9. The molecular formula is C16H18FN3O. The Kier molecular flexibility index (Phi) is 5.26. The maximum absolute atomic E-state index is 13.1. The molecule has 0 saturated carbocycles. The van der Waals surface area contributed by atoms with Crippen LogP contribution in [0.1, 0.15) is 22.3 Å². The number of rotatable bonds is 6. The fourth-order valence-electron chi connectivity index (χ4n) is 2.06. The molecule has 2 N–H and O–H groups in total. The van der Waals surface area contributed by atoms with Crippen LogP contribution in [-0.4, -0.2) is 24.5 Å². The second kappa shape index (κ2) is 7.38. The molecule has 0 spiro atoms. The Morgan fingerprint density at radius 2 is 2.14 bits per heavy atom. The van der Waals surface area contributed by atoms with Crippen molar-refractivity contribution < 1.29 is 9.18 Å². The Labute approximate surface area is 123 Å². The Hall–Kier alpha value is -2.43. The summed E-state index contributed by atoms with van der Waals surface area (Å²) in [5, 5.41) is 5.73. The molecule has 1 heterocycles. The van der Waals surface area contributed by atoms with Crippen molar-refractivity contribution in [1.82, 2.24) is 10.3 Å². The van der Waals surface area contributed by atoms with Crippen LogP contribution in [0, 0.1) is 5.82 Å². The highest BCUT2D eigenvalue weighted by atomic mass is 19.1. The molecule has 21 heavy (non-hydrogen) atoms. The number of nitrogens with zero attached hydrogens (tertiary/aromatic N) is 1. The Morgan fingerprint density at radius 3 is 2.90 bits per heavy atom. The van der Waals surface area contributed by atoms with Crippen LogP contribution in [0.25, 0.3) is 0 Å². The lowest BCUT2D eigenvalue weighted by atomic mass is 10.1. The summed E-state index contributed by atoms with van der Waals surface area (Å²) in [6, 6.07) is 10.0. The van der Waals surface area contributed by atoms with Gasteiger partial charge in [0.15, 0.2) is 0 Å². The van der Waals surface area contributed by atoms with Crippen molar-refractivity contribution in [1.29, 1.82) is 0 Å². The maximum Gasteiger partial charge on any atom is 0.254 e. The number of aromatic nitrogens is 1. The van der Waals surface area contributed by atoms with Crippen LogP contribution in [0.4, 0.5) is 10.2 Å². The van der Waals surface area contributed by atoms with E-state index in [2.05, 4.69) is 15.6 Å². The standard InChI is InChI=1S/C16H18FN3O/c1-18-16(21)14-8-4-10-20-15(14)19-9-3-6-12-5-2-7-13(17)11-12/h2,4-5,7-8,10-11H,3,6,9H2,1H3,(H,18,21)(H,19,20). The lowest BCUT2D eigenvalue weighted by molar-refractivity contribution is 0.0963. The van der Waals surface area contributed by atoms with Gasteiger partial charge in [0.1, 0.15) is 11.6 Å². The molecule has 0 radical (unpaired) electrons. The highest BCUT2D eigenvalue weighted by Gasteiger charge is 2.09. The maximum atomic E-state index is 13.1. The minimum atomic E-state index is -0.216. The van der Waals surface area contributed by atoms with Crippen LogP contribution in [-0.2, 0) is 6.42 Å². The third kappa shape index (κ3) is 4.27. The quantitative estimate of drug-likeness (QED) is 0.803. The van der Waals surface area contributed by atoms with Crippen molar-refractivity contribution in [3.63, 3.8) is 0 Å². The number of pyridine rings is 1. The fourth-order valence-corrected chi connectivity index (χ4v) is 2.06. The number of nitrogens with one attached hydrogen (secondary N) is 2. The summed E-state index contributed by atoms with van der Waals surface area (Å²) >= 11 is 0. The first-order chi connectivity index (χ1) is 10.2. The average molecular weight is 287 g/mol. The van der Waals surface area contributed by atoms with E-state index < -0.39 is 0 Å². The van der Waals surface area contributed by atoms with E-state index >= 15 is 0 Å². The lowest BCUT2D eigenvalue weighted by Crippen LogP contribution is -2.20. The normalized spacial score (nSPS) is 10.2.